The summed E-state index contributed by atoms with van der Waals surface area (Å²) in [7, 11) is -1.94. The summed E-state index contributed by atoms with van der Waals surface area (Å²) in [6.07, 6.45) is 1.11. The van der Waals surface area contributed by atoms with Gasteiger partial charge in [0.2, 0.25) is 10.0 Å². The molecule has 0 atom stereocenters. The molecule has 2 aromatic heterocycles. The van der Waals surface area contributed by atoms with Crippen LogP contribution < -0.4 is 9.46 Å². The molecule has 1 aliphatic rings. The van der Waals surface area contributed by atoms with Gasteiger partial charge in [-0.2, -0.15) is 0 Å². The molecule has 0 saturated carbocycles. The number of para-hydroxylation sites is 1. The summed E-state index contributed by atoms with van der Waals surface area (Å²) in [6.45, 7) is 0.926. The van der Waals surface area contributed by atoms with Gasteiger partial charge in [-0.25, -0.2) is 13.1 Å². The van der Waals surface area contributed by atoms with Crippen LogP contribution in [0.15, 0.2) is 50.4 Å². The highest BCUT2D eigenvalue weighted by Crippen LogP contribution is 2.29. The Morgan fingerprint density at radius 2 is 2.04 bits per heavy atom. The number of benzene rings is 1. The summed E-state index contributed by atoms with van der Waals surface area (Å²) >= 11 is 1.19. The number of sulfonamides is 1. The van der Waals surface area contributed by atoms with Crippen molar-refractivity contribution in [2.45, 2.75) is 23.1 Å². The highest BCUT2D eigenvalue weighted by atomic mass is 32.2. The maximum Gasteiger partial charge on any atom is 0.289 e. The average molecular weight is 421 g/mol. The van der Waals surface area contributed by atoms with Crippen molar-refractivity contribution < 1.29 is 22.4 Å². The van der Waals surface area contributed by atoms with Gasteiger partial charge < -0.3 is 14.1 Å². The van der Waals surface area contributed by atoms with Crippen LogP contribution in [-0.4, -0.2) is 45.5 Å². The Hall–Kier alpha value is -2.36. The molecule has 9 heteroatoms. The highest BCUT2D eigenvalue weighted by molar-refractivity contribution is 7.91. The maximum atomic E-state index is 12.8. The van der Waals surface area contributed by atoms with Gasteiger partial charge in [-0.1, -0.05) is 18.2 Å². The largest absolute Gasteiger partial charge is 0.493 e. The fraction of sp³-hybridized carbons (Fsp3) is 0.316. The van der Waals surface area contributed by atoms with Gasteiger partial charge in [0, 0.05) is 24.5 Å². The lowest BCUT2D eigenvalue weighted by Gasteiger charge is -2.31. The SMILES string of the molecule is COc1cccc2cc(C(=O)N3CCC(NS(=O)(=O)c4cccs4)CC3)oc12. The van der Waals surface area contributed by atoms with Crippen LogP contribution in [0.3, 0.4) is 0 Å². The van der Waals surface area contributed by atoms with Crippen LogP contribution in [-0.2, 0) is 10.0 Å². The molecule has 1 aromatic carbocycles. The molecule has 0 aliphatic carbocycles. The second-order valence-corrected chi connectivity index (χ2v) is 9.50. The van der Waals surface area contributed by atoms with Gasteiger partial charge in [-0.3, -0.25) is 4.79 Å². The lowest BCUT2D eigenvalue weighted by Crippen LogP contribution is -2.46. The molecule has 3 heterocycles. The number of hydrogen-bond donors (Lipinski definition) is 1. The zero-order valence-electron chi connectivity index (χ0n) is 15.3. The van der Waals surface area contributed by atoms with E-state index in [0.29, 0.717) is 41.5 Å². The standard InChI is InChI=1S/C19H20N2O5S2/c1-25-15-5-2-4-13-12-16(26-18(13)15)19(22)21-9-7-14(8-10-21)20-28(23,24)17-6-3-11-27-17/h2-6,11-12,14,20H,7-10H2,1H3. The van der Waals surface area contributed by atoms with Crippen LogP contribution in [0, 0.1) is 0 Å². The number of furan rings is 1. The number of fused-ring (bicyclic) bond motifs is 1. The number of amides is 1. The Morgan fingerprint density at radius 1 is 1.25 bits per heavy atom. The quantitative estimate of drug-likeness (QED) is 0.685. The van der Waals surface area contributed by atoms with Crippen molar-refractivity contribution in [3.05, 3.63) is 47.5 Å². The normalized spacial score (nSPS) is 15.8. The predicted octanol–water partition coefficient (Wildman–Crippen LogP) is 3.09. The molecule has 1 N–H and O–H groups in total. The van der Waals surface area contributed by atoms with Gasteiger partial charge in [0.25, 0.3) is 5.91 Å². The molecule has 1 saturated heterocycles. The van der Waals surface area contributed by atoms with E-state index >= 15 is 0 Å². The third-order valence-corrected chi connectivity index (χ3v) is 7.72. The molecular weight excluding hydrogens is 400 g/mol. The Balaban J connectivity index is 1.42. The Kier molecular flexibility index (Phi) is 5.13. The van der Waals surface area contributed by atoms with Gasteiger partial charge in [0.1, 0.15) is 4.21 Å². The van der Waals surface area contributed by atoms with Crippen molar-refractivity contribution in [3.63, 3.8) is 0 Å². The molecule has 0 unspecified atom stereocenters. The van der Waals surface area contributed by atoms with E-state index in [-0.39, 0.29) is 17.7 Å². The molecule has 3 aromatic rings. The number of thiophene rings is 1. The zero-order valence-corrected chi connectivity index (χ0v) is 16.9. The number of piperidine rings is 1. The second-order valence-electron chi connectivity index (χ2n) is 6.61. The summed E-state index contributed by atoms with van der Waals surface area (Å²) < 4.78 is 38.8. The molecule has 0 radical (unpaired) electrons. The molecule has 4 rings (SSSR count). The van der Waals surface area contributed by atoms with Crippen LogP contribution in [0.4, 0.5) is 0 Å². The summed E-state index contributed by atoms with van der Waals surface area (Å²) in [4.78, 5) is 14.5. The number of carbonyl (C=O) groups is 1. The van der Waals surface area contributed by atoms with Gasteiger partial charge in [0.05, 0.1) is 7.11 Å². The first-order chi connectivity index (χ1) is 13.5. The van der Waals surface area contributed by atoms with Crippen molar-refractivity contribution in [3.8, 4) is 5.75 Å². The summed E-state index contributed by atoms with van der Waals surface area (Å²) in [5.74, 6) is 0.646. The highest BCUT2D eigenvalue weighted by Gasteiger charge is 2.29. The number of hydrogen-bond acceptors (Lipinski definition) is 6. The Labute approximate surface area is 166 Å². The number of carbonyl (C=O) groups excluding carboxylic acids is 1. The van der Waals surface area contributed by atoms with E-state index in [1.807, 2.05) is 12.1 Å². The second kappa shape index (κ2) is 7.57. The third kappa shape index (κ3) is 3.65. The van der Waals surface area contributed by atoms with Crippen molar-refractivity contribution in [1.82, 2.24) is 9.62 Å². The number of nitrogens with one attached hydrogen (secondary N) is 1. The van der Waals surface area contributed by atoms with E-state index in [4.69, 9.17) is 9.15 Å². The Bertz CT molecular complexity index is 1080. The summed E-state index contributed by atoms with van der Waals surface area (Å²) in [5.41, 5.74) is 0.548. The van der Waals surface area contributed by atoms with E-state index in [1.165, 1.54) is 11.3 Å². The molecule has 7 nitrogen and oxygen atoms in total. The average Bonchev–Trinajstić information content (AvgIpc) is 3.37. The molecular formula is C19H20N2O5S2. The number of likely N-dealkylation sites (tertiary alicyclic amines) is 1. The van der Waals surface area contributed by atoms with Crippen LogP contribution in [0.1, 0.15) is 23.4 Å². The molecule has 1 aliphatic heterocycles. The van der Waals surface area contributed by atoms with Gasteiger partial charge in [-0.15, -0.1) is 11.3 Å². The van der Waals surface area contributed by atoms with E-state index in [9.17, 15) is 13.2 Å². The number of rotatable bonds is 5. The fourth-order valence-electron chi connectivity index (χ4n) is 3.35. The van der Waals surface area contributed by atoms with Crippen molar-refractivity contribution in [2.24, 2.45) is 0 Å². The van der Waals surface area contributed by atoms with E-state index in [1.54, 1.807) is 41.7 Å². The minimum absolute atomic E-state index is 0.188. The smallest absolute Gasteiger partial charge is 0.289 e. The van der Waals surface area contributed by atoms with Crippen LogP contribution in [0.5, 0.6) is 5.75 Å². The third-order valence-electron chi connectivity index (χ3n) is 4.80. The van der Waals surface area contributed by atoms with Crippen LogP contribution >= 0.6 is 11.3 Å². The Morgan fingerprint density at radius 3 is 2.71 bits per heavy atom. The zero-order chi connectivity index (χ0) is 19.7. The summed E-state index contributed by atoms with van der Waals surface area (Å²) in [5, 5.41) is 2.54. The van der Waals surface area contributed by atoms with Crippen molar-refractivity contribution in [2.75, 3.05) is 20.2 Å². The lowest BCUT2D eigenvalue weighted by molar-refractivity contribution is 0.0681. The fourth-order valence-corrected chi connectivity index (χ4v) is 5.67. The van der Waals surface area contributed by atoms with Crippen molar-refractivity contribution in [1.29, 1.82) is 0 Å². The number of ether oxygens (including phenoxy) is 1. The monoisotopic (exact) mass is 420 g/mol. The molecule has 28 heavy (non-hydrogen) atoms. The van der Waals surface area contributed by atoms with Crippen LogP contribution in [0.2, 0.25) is 0 Å². The molecule has 1 fully saturated rings. The van der Waals surface area contributed by atoms with Gasteiger partial charge in [-0.05, 0) is 36.4 Å². The van der Waals surface area contributed by atoms with Gasteiger partial charge in [0.15, 0.2) is 17.1 Å². The first-order valence-corrected chi connectivity index (χ1v) is 11.3. The number of methoxy groups -OCH3 is 1. The maximum absolute atomic E-state index is 12.8. The first-order valence-electron chi connectivity index (χ1n) is 8.89. The first kappa shape index (κ1) is 19.0. The molecule has 0 spiro atoms. The minimum Gasteiger partial charge on any atom is -0.493 e. The van der Waals surface area contributed by atoms with Crippen LogP contribution in [0.25, 0.3) is 11.0 Å². The predicted molar refractivity (Wildman–Crippen MR) is 106 cm³/mol. The lowest BCUT2D eigenvalue weighted by atomic mass is 10.1. The van der Waals surface area contributed by atoms with Gasteiger partial charge >= 0.3 is 0 Å². The van der Waals surface area contributed by atoms with E-state index in [2.05, 4.69) is 4.72 Å². The molecule has 0 bridgehead atoms. The summed E-state index contributed by atoms with van der Waals surface area (Å²) in [6, 6.07) is 10.3. The van der Waals surface area contributed by atoms with E-state index < -0.39 is 10.0 Å². The van der Waals surface area contributed by atoms with E-state index in [0.717, 1.165) is 5.39 Å². The molecule has 1 amide bonds. The number of nitrogens with zero attached hydrogens (tertiary/aromatic N) is 1. The minimum atomic E-state index is -3.50. The van der Waals surface area contributed by atoms with Crippen molar-refractivity contribution >= 4 is 38.2 Å². The topological polar surface area (TPSA) is 88.9 Å². The molecule has 148 valence electrons.